The zero-order valence-corrected chi connectivity index (χ0v) is 22.4. The third-order valence-electron chi connectivity index (χ3n) is 6.23. The topological polar surface area (TPSA) is 110 Å². The van der Waals surface area contributed by atoms with E-state index in [1.165, 1.54) is 24.3 Å². The lowest BCUT2D eigenvalue weighted by atomic mass is 9.92. The Hall–Kier alpha value is -5.51. The van der Waals surface area contributed by atoms with Crippen molar-refractivity contribution in [3.05, 3.63) is 131 Å². The molecule has 43 heavy (non-hydrogen) atoms. The molecule has 0 atom stereocenters. The van der Waals surface area contributed by atoms with Crippen LogP contribution in [0.3, 0.4) is 0 Å². The summed E-state index contributed by atoms with van der Waals surface area (Å²) in [6.07, 6.45) is -4.01. The lowest BCUT2D eigenvalue weighted by Crippen LogP contribution is -2.26. The molecule has 0 aliphatic carbocycles. The number of Topliss-reactive ketones (excluding diaryl/α,β-unsaturated/α-hetero) is 1. The van der Waals surface area contributed by atoms with Crippen LogP contribution >= 0.6 is 0 Å². The lowest BCUT2D eigenvalue weighted by molar-refractivity contribution is -0.274. The van der Waals surface area contributed by atoms with E-state index in [1.54, 1.807) is 24.3 Å². The largest absolute Gasteiger partial charge is 0.573 e. The molecule has 10 heteroatoms. The van der Waals surface area contributed by atoms with Gasteiger partial charge in [-0.1, -0.05) is 66.7 Å². The van der Waals surface area contributed by atoms with Gasteiger partial charge in [-0.2, -0.15) is 0 Å². The summed E-state index contributed by atoms with van der Waals surface area (Å²) in [6, 6.07) is 26.4. The maximum atomic E-state index is 13.7. The number of alkyl halides is 3. The summed E-state index contributed by atoms with van der Waals surface area (Å²) >= 11 is 0. The number of aliphatic carboxylic acids is 1. The van der Waals surface area contributed by atoms with Crippen molar-refractivity contribution in [3.63, 3.8) is 0 Å². The highest BCUT2D eigenvalue weighted by Crippen LogP contribution is 2.27. The van der Waals surface area contributed by atoms with Crippen LogP contribution in [-0.2, 0) is 4.79 Å². The Bertz CT molecular complexity index is 1640. The summed E-state index contributed by atoms with van der Waals surface area (Å²) in [4.78, 5) is 49.8. The molecule has 0 heterocycles. The van der Waals surface area contributed by atoms with Crippen LogP contribution < -0.4 is 10.1 Å². The molecular weight excluding hydrogens is 563 g/mol. The molecule has 0 saturated heterocycles. The number of hydrogen-bond acceptors (Lipinski definition) is 5. The van der Waals surface area contributed by atoms with E-state index in [-0.39, 0.29) is 35.2 Å². The Morgan fingerprint density at radius 1 is 0.698 bits per heavy atom. The quantitative estimate of drug-likeness (QED) is 0.151. The summed E-state index contributed by atoms with van der Waals surface area (Å²) in [7, 11) is 0. The number of allylic oxidation sites excluding steroid dienone is 2. The first kappa shape index (κ1) is 30.4. The number of carboxylic acid groups (broad SMARTS) is 1. The van der Waals surface area contributed by atoms with Gasteiger partial charge < -0.3 is 15.2 Å². The van der Waals surface area contributed by atoms with Crippen LogP contribution in [0, 0.1) is 0 Å². The van der Waals surface area contributed by atoms with Gasteiger partial charge in [-0.15, -0.1) is 13.2 Å². The third-order valence-corrected chi connectivity index (χ3v) is 6.23. The van der Waals surface area contributed by atoms with Gasteiger partial charge in [0.15, 0.2) is 11.6 Å². The molecule has 0 radical (unpaired) electrons. The van der Waals surface area contributed by atoms with E-state index in [2.05, 4.69) is 10.1 Å². The fourth-order valence-electron chi connectivity index (χ4n) is 4.10. The van der Waals surface area contributed by atoms with Crippen LogP contribution in [0.2, 0.25) is 0 Å². The smallest absolute Gasteiger partial charge is 0.481 e. The Morgan fingerprint density at radius 2 is 1.23 bits per heavy atom. The summed E-state index contributed by atoms with van der Waals surface area (Å²) in [5, 5.41) is 11.2. The van der Waals surface area contributed by atoms with E-state index in [0.717, 1.165) is 41.5 Å². The normalized spacial score (nSPS) is 11.5. The Labute approximate surface area is 244 Å². The number of ether oxygens (including phenoxy) is 1. The highest BCUT2D eigenvalue weighted by molar-refractivity contribution is 6.32. The molecule has 4 aromatic rings. The minimum atomic E-state index is -4.88. The predicted octanol–water partition coefficient (Wildman–Crippen LogP) is 6.61. The van der Waals surface area contributed by atoms with Crippen molar-refractivity contribution in [1.29, 1.82) is 0 Å². The van der Waals surface area contributed by atoms with Gasteiger partial charge in [0.25, 0.3) is 5.91 Å². The average Bonchev–Trinajstić information content (AvgIpc) is 2.99. The zero-order valence-electron chi connectivity index (χ0n) is 22.4. The van der Waals surface area contributed by atoms with E-state index >= 15 is 0 Å². The molecule has 0 aromatic heterocycles. The second kappa shape index (κ2) is 13.4. The number of carbonyl (C=O) groups is 4. The Morgan fingerprint density at radius 3 is 1.81 bits per heavy atom. The first-order valence-corrected chi connectivity index (χ1v) is 12.9. The SMILES string of the molecule is O=C(O)CCNC(=O)c1ccc(C(=O)C(=CC(=O)c2ccc(OC(F)(F)F)cc2)c2ccc(-c3ccccc3)cc2)cc1. The molecular formula is C33H24F3NO6. The molecule has 7 nitrogen and oxygen atoms in total. The molecule has 0 unspecified atom stereocenters. The number of ketones is 2. The van der Waals surface area contributed by atoms with Gasteiger partial charge in [-0.3, -0.25) is 19.2 Å². The maximum Gasteiger partial charge on any atom is 0.573 e. The van der Waals surface area contributed by atoms with Crippen molar-refractivity contribution in [1.82, 2.24) is 5.32 Å². The van der Waals surface area contributed by atoms with Crippen LogP contribution in [-0.4, -0.2) is 41.5 Å². The summed E-state index contributed by atoms with van der Waals surface area (Å²) < 4.78 is 41.4. The fourth-order valence-corrected chi connectivity index (χ4v) is 4.10. The Kier molecular flexibility index (Phi) is 9.51. The van der Waals surface area contributed by atoms with Crippen molar-refractivity contribution in [2.75, 3.05) is 6.54 Å². The van der Waals surface area contributed by atoms with Crippen molar-refractivity contribution in [2.24, 2.45) is 0 Å². The number of halogens is 3. The molecule has 0 fully saturated rings. The third kappa shape index (κ3) is 8.49. The lowest BCUT2D eigenvalue weighted by Gasteiger charge is -2.11. The number of nitrogens with one attached hydrogen (secondary N) is 1. The number of rotatable bonds is 11. The average molecular weight is 588 g/mol. The molecule has 4 rings (SSSR count). The highest BCUT2D eigenvalue weighted by atomic mass is 19.4. The summed E-state index contributed by atoms with van der Waals surface area (Å²) in [5.41, 5.74) is 2.68. The van der Waals surface area contributed by atoms with Crippen LogP contribution in [0.1, 0.15) is 43.1 Å². The van der Waals surface area contributed by atoms with Gasteiger partial charge in [0.1, 0.15) is 5.75 Å². The second-order valence-electron chi connectivity index (χ2n) is 9.24. The van der Waals surface area contributed by atoms with E-state index in [4.69, 9.17) is 5.11 Å². The molecule has 0 aliphatic rings. The molecule has 4 aromatic carbocycles. The summed E-state index contributed by atoms with van der Waals surface area (Å²) in [6.45, 7) is -0.0634. The molecule has 0 bridgehead atoms. The van der Waals surface area contributed by atoms with E-state index in [9.17, 15) is 32.3 Å². The number of carbonyl (C=O) groups excluding carboxylic acids is 3. The number of amides is 1. The minimum Gasteiger partial charge on any atom is -0.481 e. The van der Waals surface area contributed by atoms with Gasteiger partial charge in [0.05, 0.1) is 6.42 Å². The van der Waals surface area contributed by atoms with Gasteiger partial charge >= 0.3 is 12.3 Å². The number of benzene rings is 4. The molecule has 2 N–H and O–H groups in total. The highest BCUT2D eigenvalue weighted by Gasteiger charge is 2.31. The second-order valence-corrected chi connectivity index (χ2v) is 9.24. The fraction of sp³-hybridized carbons (Fsp3) is 0.0909. The molecule has 0 aliphatic heterocycles. The van der Waals surface area contributed by atoms with Gasteiger partial charge in [0, 0.05) is 28.8 Å². The van der Waals surface area contributed by atoms with E-state index in [0.29, 0.717) is 5.56 Å². The van der Waals surface area contributed by atoms with Gasteiger partial charge in [-0.05, 0) is 59.2 Å². The van der Waals surface area contributed by atoms with Crippen molar-refractivity contribution >= 4 is 29.0 Å². The number of carboxylic acids is 1. The predicted molar refractivity (Wildman–Crippen MR) is 153 cm³/mol. The first-order valence-electron chi connectivity index (χ1n) is 12.9. The minimum absolute atomic E-state index is 0.0267. The van der Waals surface area contributed by atoms with Gasteiger partial charge in [-0.25, -0.2) is 0 Å². The molecule has 1 amide bonds. The first-order chi connectivity index (χ1) is 20.5. The van der Waals surface area contributed by atoms with E-state index in [1.807, 2.05) is 30.3 Å². The van der Waals surface area contributed by atoms with Crippen LogP contribution in [0.5, 0.6) is 5.75 Å². The molecule has 0 spiro atoms. The maximum absolute atomic E-state index is 13.7. The van der Waals surface area contributed by atoms with Gasteiger partial charge in [0.2, 0.25) is 0 Å². The zero-order chi connectivity index (χ0) is 31.0. The molecule has 218 valence electrons. The monoisotopic (exact) mass is 587 g/mol. The van der Waals surface area contributed by atoms with Crippen molar-refractivity contribution in [2.45, 2.75) is 12.8 Å². The van der Waals surface area contributed by atoms with Crippen LogP contribution in [0.15, 0.2) is 109 Å². The van der Waals surface area contributed by atoms with E-state index < -0.39 is 35.6 Å². The standard InChI is InChI=1S/C33H24F3NO6/c34-33(35,36)43-27-16-14-24(15-17-27)29(38)20-28(23-8-6-22(7-9-23)21-4-2-1-3-5-21)31(41)25-10-12-26(13-11-25)32(42)37-19-18-30(39)40/h1-17,20H,18-19H2,(H,37,42)(H,39,40). The summed E-state index contributed by atoms with van der Waals surface area (Å²) in [5.74, 6) is -3.22. The van der Waals surface area contributed by atoms with Crippen molar-refractivity contribution in [3.8, 4) is 16.9 Å². The van der Waals surface area contributed by atoms with Crippen molar-refractivity contribution < 1.29 is 42.2 Å². The van der Waals surface area contributed by atoms with Crippen LogP contribution in [0.25, 0.3) is 16.7 Å². The van der Waals surface area contributed by atoms with Crippen LogP contribution in [0.4, 0.5) is 13.2 Å². The molecule has 0 saturated carbocycles. The Balaban J connectivity index is 1.63. The number of hydrogen-bond donors (Lipinski definition) is 2.